The fourth-order valence-electron chi connectivity index (χ4n) is 1.65. The Morgan fingerprint density at radius 2 is 1.95 bits per heavy atom. The number of nitrogens with zero attached hydrogens (tertiary/aromatic N) is 2. The summed E-state index contributed by atoms with van der Waals surface area (Å²) in [5, 5.41) is 0. The molecule has 0 amide bonds. The van der Waals surface area contributed by atoms with Crippen LogP contribution in [0.2, 0.25) is 0 Å². The second-order valence-corrected chi connectivity index (χ2v) is 4.08. The lowest BCUT2D eigenvalue weighted by Crippen LogP contribution is -2.10. The molecule has 2 rings (SSSR count). The van der Waals surface area contributed by atoms with Gasteiger partial charge in [0.2, 0.25) is 5.95 Å². The summed E-state index contributed by atoms with van der Waals surface area (Å²) >= 11 is 0. The van der Waals surface area contributed by atoms with Gasteiger partial charge in [0, 0.05) is 5.56 Å². The van der Waals surface area contributed by atoms with Crippen LogP contribution >= 0.6 is 0 Å². The number of nitrogen functional groups attached to an aromatic ring is 1. The van der Waals surface area contributed by atoms with Crippen molar-refractivity contribution in [3.63, 3.8) is 0 Å². The van der Waals surface area contributed by atoms with Crippen LogP contribution in [0.5, 0.6) is 0 Å². The van der Waals surface area contributed by atoms with Gasteiger partial charge >= 0.3 is 5.97 Å². The van der Waals surface area contributed by atoms with Gasteiger partial charge in [0.15, 0.2) is 5.69 Å². The standard InChI is InChI=1S/C14H15N3O2/c1-3-19-13(18)12-8-11(16-14(15)17-12)10-6-4-9(2)5-7-10/h4-8H,3H2,1-2H3,(H2,15,16,17). The van der Waals surface area contributed by atoms with Gasteiger partial charge in [-0.2, -0.15) is 0 Å². The van der Waals surface area contributed by atoms with Gasteiger partial charge in [-0.15, -0.1) is 0 Å². The summed E-state index contributed by atoms with van der Waals surface area (Å²) in [5.74, 6) is -0.439. The van der Waals surface area contributed by atoms with E-state index in [4.69, 9.17) is 10.5 Å². The third kappa shape index (κ3) is 3.07. The predicted octanol–water partition coefficient (Wildman–Crippen LogP) is 2.21. The number of ether oxygens (including phenoxy) is 1. The van der Waals surface area contributed by atoms with Crippen molar-refractivity contribution in [2.45, 2.75) is 13.8 Å². The van der Waals surface area contributed by atoms with Crippen molar-refractivity contribution >= 4 is 11.9 Å². The van der Waals surface area contributed by atoms with E-state index in [2.05, 4.69) is 9.97 Å². The van der Waals surface area contributed by atoms with Crippen LogP contribution < -0.4 is 5.73 Å². The lowest BCUT2D eigenvalue weighted by molar-refractivity contribution is 0.0519. The third-order valence-corrected chi connectivity index (χ3v) is 2.58. The van der Waals surface area contributed by atoms with E-state index in [1.165, 1.54) is 0 Å². The minimum Gasteiger partial charge on any atom is -0.461 e. The zero-order chi connectivity index (χ0) is 13.8. The molecule has 0 fully saturated rings. The fourth-order valence-corrected chi connectivity index (χ4v) is 1.65. The summed E-state index contributed by atoms with van der Waals surface area (Å²) in [4.78, 5) is 19.7. The molecule has 0 bridgehead atoms. The van der Waals surface area contributed by atoms with Gasteiger partial charge in [0.25, 0.3) is 0 Å². The second kappa shape index (κ2) is 5.48. The number of esters is 1. The average molecular weight is 257 g/mol. The first-order valence-corrected chi connectivity index (χ1v) is 5.99. The highest BCUT2D eigenvalue weighted by Gasteiger charge is 2.12. The van der Waals surface area contributed by atoms with E-state index in [0.29, 0.717) is 12.3 Å². The molecule has 0 saturated heterocycles. The van der Waals surface area contributed by atoms with Crippen LogP contribution in [0.25, 0.3) is 11.3 Å². The van der Waals surface area contributed by atoms with Crippen LogP contribution in [-0.2, 0) is 4.74 Å². The Bertz CT molecular complexity index is 594. The number of carbonyl (C=O) groups is 1. The van der Waals surface area contributed by atoms with E-state index in [-0.39, 0.29) is 11.6 Å². The number of hydrogen-bond donors (Lipinski definition) is 1. The highest BCUT2D eigenvalue weighted by molar-refractivity contribution is 5.88. The van der Waals surface area contributed by atoms with Crippen molar-refractivity contribution in [3.8, 4) is 11.3 Å². The maximum absolute atomic E-state index is 11.7. The minimum absolute atomic E-state index is 0.0566. The molecule has 2 N–H and O–H groups in total. The fraction of sp³-hybridized carbons (Fsp3) is 0.214. The maximum Gasteiger partial charge on any atom is 0.357 e. The number of anilines is 1. The average Bonchev–Trinajstić information content (AvgIpc) is 2.39. The number of nitrogens with two attached hydrogens (primary N) is 1. The maximum atomic E-state index is 11.7. The summed E-state index contributed by atoms with van der Waals surface area (Å²) in [6, 6.07) is 9.37. The molecular weight excluding hydrogens is 242 g/mol. The Labute approximate surface area is 111 Å². The molecule has 2 aromatic rings. The van der Waals surface area contributed by atoms with Crippen LogP contribution in [0.3, 0.4) is 0 Å². The Morgan fingerprint density at radius 1 is 1.26 bits per heavy atom. The molecule has 5 nitrogen and oxygen atoms in total. The summed E-state index contributed by atoms with van der Waals surface area (Å²) in [7, 11) is 0. The Morgan fingerprint density at radius 3 is 2.58 bits per heavy atom. The van der Waals surface area contributed by atoms with Gasteiger partial charge in [-0.05, 0) is 19.9 Å². The lowest BCUT2D eigenvalue weighted by Gasteiger charge is -2.06. The first kappa shape index (κ1) is 13.0. The molecule has 5 heteroatoms. The Kier molecular flexibility index (Phi) is 3.75. The highest BCUT2D eigenvalue weighted by Crippen LogP contribution is 2.19. The monoisotopic (exact) mass is 257 g/mol. The topological polar surface area (TPSA) is 78.1 Å². The molecule has 1 heterocycles. The van der Waals surface area contributed by atoms with E-state index in [1.807, 2.05) is 31.2 Å². The Balaban J connectivity index is 2.41. The molecule has 19 heavy (non-hydrogen) atoms. The summed E-state index contributed by atoms with van der Waals surface area (Å²) < 4.78 is 4.91. The van der Waals surface area contributed by atoms with Gasteiger partial charge in [0.1, 0.15) is 0 Å². The number of rotatable bonds is 3. The number of carbonyl (C=O) groups excluding carboxylic acids is 1. The Hall–Kier alpha value is -2.43. The van der Waals surface area contributed by atoms with E-state index in [9.17, 15) is 4.79 Å². The molecule has 0 unspecified atom stereocenters. The van der Waals surface area contributed by atoms with E-state index >= 15 is 0 Å². The third-order valence-electron chi connectivity index (χ3n) is 2.58. The molecular formula is C14H15N3O2. The summed E-state index contributed by atoms with van der Waals surface area (Å²) in [6.07, 6.45) is 0. The molecule has 0 saturated carbocycles. The van der Waals surface area contributed by atoms with Crippen LogP contribution in [0.1, 0.15) is 23.0 Å². The van der Waals surface area contributed by atoms with Gasteiger partial charge in [-0.3, -0.25) is 0 Å². The second-order valence-electron chi connectivity index (χ2n) is 4.08. The van der Waals surface area contributed by atoms with Crippen molar-refractivity contribution in [1.29, 1.82) is 0 Å². The van der Waals surface area contributed by atoms with Gasteiger partial charge < -0.3 is 10.5 Å². The van der Waals surface area contributed by atoms with Gasteiger partial charge in [-0.25, -0.2) is 14.8 Å². The molecule has 1 aromatic carbocycles. The number of aryl methyl sites for hydroxylation is 1. The molecule has 0 aliphatic carbocycles. The van der Waals surface area contributed by atoms with E-state index < -0.39 is 5.97 Å². The molecule has 0 spiro atoms. The first-order valence-electron chi connectivity index (χ1n) is 5.99. The zero-order valence-corrected chi connectivity index (χ0v) is 10.9. The smallest absolute Gasteiger partial charge is 0.357 e. The van der Waals surface area contributed by atoms with Crippen molar-refractivity contribution in [3.05, 3.63) is 41.6 Å². The molecule has 0 aliphatic heterocycles. The minimum atomic E-state index is -0.495. The first-order chi connectivity index (χ1) is 9.10. The SMILES string of the molecule is CCOC(=O)c1cc(-c2ccc(C)cc2)nc(N)n1. The molecule has 0 atom stereocenters. The van der Waals surface area contributed by atoms with Crippen molar-refractivity contribution in [1.82, 2.24) is 9.97 Å². The van der Waals surface area contributed by atoms with Crippen molar-refractivity contribution in [2.75, 3.05) is 12.3 Å². The molecule has 98 valence electrons. The van der Waals surface area contributed by atoms with Crippen LogP contribution in [-0.4, -0.2) is 22.5 Å². The molecule has 0 aliphatic rings. The van der Waals surface area contributed by atoms with Crippen molar-refractivity contribution < 1.29 is 9.53 Å². The number of aromatic nitrogens is 2. The quantitative estimate of drug-likeness (QED) is 0.853. The van der Waals surface area contributed by atoms with Crippen molar-refractivity contribution in [2.24, 2.45) is 0 Å². The van der Waals surface area contributed by atoms with Crippen LogP contribution in [0.4, 0.5) is 5.95 Å². The molecule has 1 aromatic heterocycles. The highest BCUT2D eigenvalue weighted by atomic mass is 16.5. The van der Waals surface area contributed by atoms with Gasteiger partial charge in [-0.1, -0.05) is 29.8 Å². The normalized spacial score (nSPS) is 10.2. The largest absolute Gasteiger partial charge is 0.461 e. The van der Waals surface area contributed by atoms with Crippen LogP contribution in [0, 0.1) is 6.92 Å². The summed E-state index contributed by atoms with van der Waals surface area (Å²) in [6.45, 7) is 4.04. The predicted molar refractivity (Wildman–Crippen MR) is 72.6 cm³/mol. The van der Waals surface area contributed by atoms with Gasteiger partial charge in [0.05, 0.1) is 12.3 Å². The molecule has 0 radical (unpaired) electrons. The lowest BCUT2D eigenvalue weighted by atomic mass is 10.1. The van der Waals surface area contributed by atoms with Crippen LogP contribution in [0.15, 0.2) is 30.3 Å². The number of benzene rings is 1. The van der Waals surface area contributed by atoms with E-state index in [0.717, 1.165) is 11.1 Å². The van der Waals surface area contributed by atoms with E-state index in [1.54, 1.807) is 13.0 Å². The zero-order valence-electron chi connectivity index (χ0n) is 10.9. The number of hydrogen-bond acceptors (Lipinski definition) is 5. The summed E-state index contributed by atoms with van der Waals surface area (Å²) in [5.41, 5.74) is 8.44.